The normalized spacial score (nSPS) is 14.1. The largest absolute Gasteiger partial charge is 0.326 e. The maximum absolute atomic E-state index is 11.2. The van der Waals surface area contributed by atoms with E-state index in [0.717, 1.165) is 24.3 Å². The van der Waals surface area contributed by atoms with Crippen LogP contribution in [0.3, 0.4) is 0 Å². The summed E-state index contributed by atoms with van der Waals surface area (Å²) in [4.78, 5) is 13.4. The van der Waals surface area contributed by atoms with Crippen molar-refractivity contribution in [2.24, 2.45) is 0 Å². The van der Waals surface area contributed by atoms with E-state index in [-0.39, 0.29) is 5.91 Å². The molecule has 0 unspecified atom stereocenters. The highest BCUT2D eigenvalue weighted by Crippen LogP contribution is 2.24. The Morgan fingerprint density at radius 3 is 3.06 bits per heavy atom. The number of hydrogen-bond acceptors (Lipinski definition) is 2. The quantitative estimate of drug-likeness (QED) is 0.812. The maximum atomic E-state index is 11.2. The van der Waals surface area contributed by atoms with Gasteiger partial charge in [0.2, 0.25) is 5.91 Å². The smallest absolute Gasteiger partial charge is 0.228 e. The summed E-state index contributed by atoms with van der Waals surface area (Å²) >= 11 is 5.68. The Morgan fingerprint density at radius 1 is 1.50 bits per heavy atom. The SMILES string of the molecule is CN(CCCl)Cc1ccc2c(c1)CC(=O)N2. The van der Waals surface area contributed by atoms with Crippen molar-refractivity contribution in [2.45, 2.75) is 13.0 Å². The molecular weight excluding hydrogens is 224 g/mol. The van der Waals surface area contributed by atoms with Crippen LogP contribution in [0.15, 0.2) is 18.2 Å². The second-order valence-corrected chi connectivity index (χ2v) is 4.52. The van der Waals surface area contributed by atoms with Gasteiger partial charge < -0.3 is 10.2 Å². The Bertz CT molecular complexity index is 406. The predicted molar refractivity (Wildman–Crippen MR) is 65.8 cm³/mol. The summed E-state index contributed by atoms with van der Waals surface area (Å²) < 4.78 is 0. The number of anilines is 1. The van der Waals surface area contributed by atoms with E-state index in [1.807, 2.05) is 13.1 Å². The fourth-order valence-corrected chi connectivity index (χ4v) is 2.20. The molecule has 1 amide bonds. The minimum absolute atomic E-state index is 0.0845. The van der Waals surface area contributed by atoms with Gasteiger partial charge in [0.1, 0.15) is 0 Å². The number of amides is 1. The molecule has 16 heavy (non-hydrogen) atoms. The summed E-state index contributed by atoms with van der Waals surface area (Å²) in [5.41, 5.74) is 3.28. The first-order valence-electron chi connectivity index (χ1n) is 5.35. The Kier molecular flexibility index (Phi) is 3.46. The summed E-state index contributed by atoms with van der Waals surface area (Å²) in [6.07, 6.45) is 0.502. The van der Waals surface area contributed by atoms with Crippen molar-refractivity contribution in [3.8, 4) is 0 Å². The molecule has 86 valence electrons. The topological polar surface area (TPSA) is 32.3 Å². The molecule has 3 nitrogen and oxygen atoms in total. The lowest BCUT2D eigenvalue weighted by molar-refractivity contribution is -0.115. The summed E-state index contributed by atoms with van der Waals surface area (Å²) in [6.45, 7) is 1.74. The number of carbonyl (C=O) groups excluding carboxylic acids is 1. The number of rotatable bonds is 4. The van der Waals surface area contributed by atoms with E-state index in [0.29, 0.717) is 12.3 Å². The number of halogens is 1. The van der Waals surface area contributed by atoms with Gasteiger partial charge in [-0.2, -0.15) is 0 Å². The van der Waals surface area contributed by atoms with Crippen LogP contribution in [0.2, 0.25) is 0 Å². The van der Waals surface area contributed by atoms with E-state index in [1.54, 1.807) is 0 Å². The van der Waals surface area contributed by atoms with Gasteiger partial charge in [-0.25, -0.2) is 0 Å². The summed E-state index contributed by atoms with van der Waals surface area (Å²) in [6, 6.07) is 6.12. The van der Waals surface area contributed by atoms with Crippen LogP contribution in [0, 0.1) is 0 Å². The van der Waals surface area contributed by atoms with Crippen LogP contribution >= 0.6 is 11.6 Å². The molecule has 0 radical (unpaired) electrons. The van der Waals surface area contributed by atoms with Crippen molar-refractivity contribution >= 4 is 23.2 Å². The van der Waals surface area contributed by atoms with Gasteiger partial charge in [0.15, 0.2) is 0 Å². The van der Waals surface area contributed by atoms with Gasteiger partial charge in [0.25, 0.3) is 0 Å². The van der Waals surface area contributed by atoms with Gasteiger partial charge in [0.05, 0.1) is 6.42 Å². The molecule has 0 saturated heterocycles. The number of nitrogens with zero attached hydrogens (tertiary/aromatic N) is 1. The zero-order chi connectivity index (χ0) is 11.5. The van der Waals surface area contributed by atoms with Gasteiger partial charge in [-0.1, -0.05) is 12.1 Å². The first kappa shape index (κ1) is 11.4. The first-order chi connectivity index (χ1) is 7.69. The van der Waals surface area contributed by atoms with Gasteiger partial charge >= 0.3 is 0 Å². The number of benzene rings is 1. The lowest BCUT2D eigenvalue weighted by atomic mass is 10.1. The van der Waals surface area contributed by atoms with Crippen molar-refractivity contribution in [2.75, 3.05) is 24.8 Å². The Labute approximate surface area is 100 Å². The molecule has 1 N–H and O–H groups in total. The molecule has 2 rings (SSSR count). The monoisotopic (exact) mass is 238 g/mol. The Morgan fingerprint density at radius 2 is 2.31 bits per heavy atom. The molecule has 0 atom stereocenters. The fourth-order valence-electron chi connectivity index (χ4n) is 1.92. The van der Waals surface area contributed by atoms with Crippen LogP contribution in [0.25, 0.3) is 0 Å². The van der Waals surface area contributed by atoms with Crippen LogP contribution in [0.1, 0.15) is 11.1 Å². The standard InChI is InChI=1S/C12H15ClN2O/c1-15(5-4-13)8-9-2-3-11-10(6-9)7-12(16)14-11/h2-3,6H,4-5,7-8H2,1H3,(H,14,16). The maximum Gasteiger partial charge on any atom is 0.228 e. The van der Waals surface area contributed by atoms with Crippen molar-refractivity contribution in [1.29, 1.82) is 0 Å². The molecule has 1 heterocycles. The third kappa shape index (κ3) is 2.54. The Balaban J connectivity index is 2.07. The molecule has 1 aromatic carbocycles. The average molecular weight is 239 g/mol. The van der Waals surface area contributed by atoms with Crippen LogP contribution in [-0.2, 0) is 17.8 Å². The number of nitrogens with one attached hydrogen (secondary N) is 1. The highest BCUT2D eigenvalue weighted by molar-refractivity contribution is 6.18. The van der Waals surface area contributed by atoms with Crippen molar-refractivity contribution < 1.29 is 4.79 Å². The van der Waals surface area contributed by atoms with Gasteiger partial charge in [-0.15, -0.1) is 11.6 Å². The minimum atomic E-state index is 0.0845. The van der Waals surface area contributed by atoms with Crippen molar-refractivity contribution in [3.05, 3.63) is 29.3 Å². The molecule has 0 aliphatic carbocycles. The summed E-state index contributed by atoms with van der Waals surface area (Å²) in [7, 11) is 2.04. The molecule has 0 bridgehead atoms. The fraction of sp³-hybridized carbons (Fsp3) is 0.417. The lowest BCUT2D eigenvalue weighted by Gasteiger charge is -2.15. The zero-order valence-corrected chi connectivity index (χ0v) is 10.0. The van der Waals surface area contributed by atoms with Gasteiger partial charge in [-0.05, 0) is 24.2 Å². The van der Waals surface area contributed by atoms with Crippen LogP contribution in [0.5, 0.6) is 0 Å². The number of fused-ring (bicyclic) bond motifs is 1. The second-order valence-electron chi connectivity index (χ2n) is 4.14. The van der Waals surface area contributed by atoms with Crippen LogP contribution in [0.4, 0.5) is 5.69 Å². The lowest BCUT2D eigenvalue weighted by Crippen LogP contribution is -2.20. The third-order valence-corrected chi connectivity index (χ3v) is 2.88. The molecule has 0 fully saturated rings. The molecule has 0 aromatic heterocycles. The number of hydrogen-bond donors (Lipinski definition) is 1. The molecule has 1 aliphatic rings. The third-order valence-electron chi connectivity index (χ3n) is 2.71. The van der Waals surface area contributed by atoms with E-state index in [1.165, 1.54) is 5.56 Å². The Hall–Kier alpha value is -1.06. The molecular formula is C12H15ClN2O. The second kappa shape index (κ2) is 4.85. The molecule has 0 spiro atoms. The first-order valence-corrected chi connectivity index (χ1v) is 5.88. The molecule has 1 aromatic rings. The van der Waals surface area contributed by atoms with E-state index < -0.39 is 0 Å². The highest BCUT2D eigenvalue weighted by Gasteiger charge is 2.17. The van der Waals surface area contributed by atoms with E-state index in [2.05, 4.69) is 22.3 Å². The summed E-state index contributed by atoms with van der Waals surface area (Å²) in [5, 5.41) is 2.83. The van der Waals surface area contributed by atoms with Gasteiger partial charge in [0, 0.05) is 24.7 Å². The van der Waals surface area contributed by atoms with E-state index in [9.17, 15) is 4.79 Å². The minimum Gasteiger partial charge on any atom is -0.326 e. The molecule has 0 saturated carbocycles. The van der Waals surface area contributed by atoms with Crippen molar-refractivity contribution in [1.82, 2.24) is 4.90 Å². The van der Waals surface area contributed by atoms with E-state index in [4.69, 9.17) is 11.6 Å². The van der Waals surface area contributed by atoms with Crippen molar-refractivity contribution in [3.63, 3.8) is 0 Å². The van der Waals surface area contributed by atoms with E-state index >= 15 is 0 Å². The number of carbonyl (C=O) groups is 1. The molecule has 1 aliphatic heterocycles. The zero-order valence-electron chi connectivity index (χ0n) is 9.29. The van der Waals surface area contributed by atoms with Gasteiger partial charge in [-0.3, -0.25) is 4.79 Å². The highest BCUT2D eigenvalue weighted by atomic mass is 35.5. The molecule has 4 heteroatoms. The van der Waals surface area contributed by atoms with Crippen LogP contribution < -0.4 is 5.32 Å². The number of alkyl halides is 1. The average Bonchev–Trinajstić information content (AvgIpc) is 2.57. The summed E-state index contributed by atoms with van der Waals surface area (Å²) in [5.74, 6) is 0.725. The predicted octanol–water partition coefficient (Wildman–Crippen LogP) is 1.85. The van der Waals surface area contributed by atoms with Crippen LogP contribution in [-0.4, -0.2) is 30.3 Å².